The van der Waals surface area contributed by atoms with Gasteiger partial charge in [0, 0.05) is 5.39 Å². The van der Waals surface area contributed by atoms with Gasteiger partial charge in [-0.15, -0.1) is 0 Å². The zero-order chi connectivity index (χ0) is 27.8. The van der Waals surface area contributed by atoms with Crippen LogP contribution >= 0.6 is 11.3 Å². The van der Waals surface area contributed by atoms with E-state index in [-0.39, 0.29) is 39.4 Å². The molecule has 2 aromatic heterocycles. The van der Waals surface area contributed by atoms with Crippen LogP contribution in [-0.4, -0.2) is 46.6 Å². The number of Topliss-reactive ketones (excluding diaryl/α,β-unsaturated/α-hetero) is 1. The molecule has 1 aliphatic heterocycles. The van der Waals surface area contributed by atoms with E-state index in [4.69, 9.17) is 13.9 Å². The Morgan fingerprint density at radius 2 is 1.97 bits per heavy atom. The zero-order valence-corrected chi connectivity index (χ0v) is 21.7. The molecule has 1 amide bonds. The van der Waals surface area contributed by atoms with Gasteiger partial charge in [-0.2, -0.15) is 0 Å². The molecule has 0 spiro atoms. The van der Waals surface area contributed by atoms with Gasteiger partial charge in [-0.25, -0.2) is 9.78 Å². The van der Waals surface area contributed by atoms with Gasteiger partial charge in [0.05, 0.1) is 24.4 Å². The predicted octanol–water partition coefficient (Wildman–Crippen LogP) is 5.04. The summed E-state index contributed by atoms with van der Waals surface area (Å²) in [7, 11) is 1.36. The van der Waals surface area contributed by atoms with Crippen molar-refractivity contribution in [2.75, 3.05) is 18.6 Å². The summed E-state index contributed by atoms with van der Waals surface area (Å²) in [6.45, 7) is 5.09. The monoisotopic (exact) mass is 546 g/mol. The number of phenolic OH excluding ortho intramolecular Hbond substituents is 1. The number of furan rings is 1. The van der Waals surface area contributed by atoms with Gasteiger partial charge in [0.25, 0.3) is 5.91 Å². The Morgan fingerprint density at radius 3 is 2.69 bits per heavy atom. The third kappa shape index (κ3) is 4.42. The lowest BCUT2D eigenvalue weighted by Crippen LogP contribution is -2.31. The number of carbonyl (C=O) groups is 3. The molecule has 0 saturated heterocycles. The van der Waals surface area contributed by atoms with Gasteiger partial charge >= 0.3 is 5.97 Å². The average Bonchev–Trinajstić information content (AvgIpc) is 3.61. The normalized spacial score (nSPS) is 15.2. The smallest absolute Gasteiger partial charge is 0.350 e. The van der Waals surface area contributed by atoms with Crippen LogP contribution < -0.4 is 9.64 Å². The molecule has 3 heterocycles. The maximum absolute atomic E-state index is 13.8. The molecule has 0 saturated carbocycles. The van der Waals surface area contributed by atoms with Gasteiger partial charge in [-0.05, 0) is 36.8 Å². The number of nitrogens with zero attached hydrogens (tertiary/aromatic N) is 2. The summed E-state index contributed by atoms with van der Waals surface area (Å²) in [6.07, 6.45) is 1.42. The van der Waals surface area contributed by atoms with Crippen LogP contribution in [0, 0.1) is 6.92 Å². The number of aliphatic hydroxyl groups excluding tert-OH is 1. The molecule has 0 aliphatic carbocycles. The number of hydrogen-bond donors (Lipinski definition) is 2. The Labute approximate surface area is 226 Å². The second kappa shape index (κ2) is 10.1. The highest BCUT2D eigenvalue weighted by atomic mass is 32.1. The standard InChI is InChI=1S/C28H22N2O8S/c1-4-11-37-27(35)25-14(2)29-28(39-25)30-22(16-9-10-17(31)19(13-16)36-3)21(24(33)26(30)34)23(32)20-12-15-7-5-6-8-18(15)38-20/h4-10,12-13,22,31,33H,1,11H2,2-3H3. The number of anilines is 1. The van der Waals surface area contributed by atoms with Gasteiger partial charge in [-0.1, -0.05) is 48.3 Å². The molecule has 1 atom stereocenters. The highest BCUT2D eigenvalue weighted by Gasteiger charge is 2.47. The minimum Gasteiger partial charge on any atom is -0.504 e. The lowest BCUT2D eigenvalue weighted by atomic mass is 9.95. The van der Waals surface area contributed by atoms with E-state index < -0.39 is 29.5 Å². The van der Waals surface area contributed by atoms with Crippen molar-refractivity contribution in [2.24, 2.45) is 0 Å². The fraction of sp³-hybridized carbons (Fsp3) is 0.143. The van der Waals surface area contributed by atoms with Crippen molar-refractivity contribution < 1.29 is 38.5 Å². The number of rotatable bonds is 8. The second-order valence-corrected chi connectivity index (χ2v) is 9.52. The number of aliphatic hydroxyl groups is 1. The van der Waals surface area contributed by atoms with Crippen LogP contribution in [0.3, 0.4) is 0 Å². The number of phenols is 1. The van der Waals surface area contributed by atoms with Crippen LogP contribution in [0.15, 0.2) is 76.9 Å². The Kier molecular flexibility index (Phi) is 6.67. The van der Waals surface area contributed by atoms with Crippen LogP contribution in [0.2, 0.25) is 0 Å². The number of ketones is 1. The SMILES string of the molecule is C=CCOC(=O)c1sc(N2C(=O)C(O)=C(C(=O)c3cc4ccccc4o3)C2c2ccc(O)c(OC)c2)nc1C. The fourth-order valence-corrected chi connectivity index (χ4v) is 5.30. The van der Waals surface area contributed by atoms with Crippen molar-refractivity contribution in [1.29, 1.82) is 0 Å². The molecule has 1 unspecified atom stereocenters. The Hall–Kier alpha value is -4.90. The van der Waals surface area contributed by atoms with Crippen LogP contribution in [-0.2, 0) is 9.53 Å². The number of fused-ring (bicyclic) bond motifs is 1. The van der Waals surface area contributed by atoms with Crippen molar-refractivity contribution in [3.63, 3.8) is 0 Å². The number of amides is 1. The Morgan fingerprint density at radius 1 is 1.21 bits per heavy atom. The Balaban J connectivity index is 1.64. The molecule has 0 radical (unpaired) electrons. The first-order valence-electron chi connectivity index (χ1n) is 11.7. The van der Waals surface area contributed by atoms with Crippen LogP contribution in [0.1, 0.15) is 37.5 Å². The number of esters is 1. The van der Waals surface area contributed by atoms with Crippen LogP contribution in [0.4, 0.5) is 5.13 Å². The largest absolute Gasteiger partial charge is 0.504 e. The van der Waals surface area contributed by atoms with E-state index in [1.54, 1.807) is 31.2 Å². The summed E-state index contributed by atoms with van der Waals surface area (Å²) in [5, 5.41) is 21.9. The number of hydrogen-bond acceptors (Lipinski definition) is 10. The number of aromatic nitrogens is 1. The second-order valence-electron chi connectivity index (χ2n) is 8.55. The first-order valence-corrected chi connectivity index (χ1v) is 12.5. The Bertz CT molecular complexity index is 1650. The minimum atomic E-state index is -1.18. The molecule has 4 aromatic rings. The first-order chi connectivity index (χ1) is 18.7. The third-order valence-corrected chi connectivity index (χ3v) is 7.27. The molecule has 10 nitrogen and oxygen atoms in total. The van der Waals surface area contributed by atoms with E-state index >= 15 is 0 Å². The van der Waals surface area contributed by atoms with Crippen molar-refractivity contribution in [1.82, 2.24) is 4.98 Å². The maximum atomic E-state index is 13.8. The lowest BCUT2D eigenvalue weighted by molar-refractivity contribution is -0.117. The number of benzene rings is 2. The molecule has 198 valence electrons. The molecule has 2 aromatic carbocycles. The molecule has 1 aliphatic rings. The number of thiazole rings is 1. The summed E-state index contributed by atoms with van der Waals surface area (Å²) in [5.41, 5.74) is 0.847. The first kappa shape index (κ1) is 25.7. The molecule has 11 heteroatoms. The molecule has 0 fully saturated rings. The maximum Gasteiger partial charge on any atom is 0.350 e. The highest BCUT2D eigenvalue weighted by Crippen LogP contribution is 2.45. The minimum absolute atomic E-state index is 0.0113. The van der Waals surface area contributed by atoms with E-state index in [0.29, 0.717) is 22.2 Å². The molecule has 5 rings (SSSR count). The van der Waals surface area contributed by atoms with Crippen molar-refractivity contribution in [3.05, 3.63) is 94.4 Å². The van der Waals surface area contributed by atoms with Gasteiger partial charge in [0.1, 0.15) is 17.1 Å². The number of aromatic hydroxyl groups is 1. The quantitative estimate of drug-likeness (QED) is 0.177. The number of aryl methyl sites for hydroxylation is 1. The number of carbonyl (C=O) groups excluding carboxylic acids is 3. The summed E-state index contributed by atoms with van der Waals surface area (Å²) in [5.74, 6) is -3.20. The molecular formula is C28H22N2O8S. The zero-order valence-electron chi connectivity index (χ0n) is 20.8. The van der Waals surface area contributed by atoms with E-state index in [1.807, 2.05) is 0 Å². The van der Waals surface area contributed by atoms with Gasteiger partial charge in [0.2, 0.25) is 5.78 Å². The fourth-order valence-electron chi connectivity index (χ4n) is 4.32. The summed E-state index contributed by atoms with van der Waals surface area (Å²) in [4.78, 5) is 45.5. The van der Waals surface area contributed by atoms with E-state index in [2.05, 4.69) is 11.6 Å². The van der Waals surface area contributed by atoms with Gasteiger partial charge < -0.3 is 24.1 Å². The van der Waals surface area contributed by atoms with Crippen molar-refractivity contribution in [2.45, 2.75) is 13.0 Å². The molecule has 2 N–H and O–H groups in total. The van der Waals surface area contributed by atoms with Crippen LogP contribution in [0.25, 0.3) is 11.0 Å². The average molecular weight is 547 g/mol. The summed E-state index contributed by atoms with van der Waals surface area (Å²) in [6, 6.07) is 11.6. The number of para-hydroxylation sites is 1. The number of ether oxygens (including phenoxy) is 2. The topological polar surface area (TPSA) is 139 Å². The lowest BCUT2D eigenvalue weighted by Gasteiger charge is -2.24. The third-order valence-electron chi connectivity index (χ3n) is 6.13. The molecular weight excluding hydrogens is 524 g/mol. The predicted molar refractivity (Wildman–Crippen MR) is 142 cm³/mol. The van der Waals surface area contributed by atoms with E-state index in [1.165, 1.54) is 37.5 Å². The summed E-state index contributed by atoms with van der Waals surface area (Å²) < 4.78 is 16.1. The van der Waals surface area contributed by atoms with Crippen LogP contribution in [0.5, 0.6) is 11.5 Å². The highest BCUT2D eigenvalue weighted by molar-refractivity contribution is 7.17. The number of methoxy groups -OCH3 is 1. The molecule has 0 bridgehead atoms. The van der Waals surface area contributed by atoms with Crippen molar-refractivity contribution >= 4 is 45.1 Å². The van der Waals surface area contributed by atoms with E-state index in [9.17, 15) is 24.6 Å². The van der Waals surface area contributed by atoms with Gasteiger partial charge in [-0.3, -0.25) is 14.5 Å². The van der Waals surface area contributed by atoms with Crippen molar-refractivity contribution in [3.8, 4) is 11.5 Å². The summed E-state index contributed by atoms with van der Waals surface area (Å²) >= 11 is 0.878. The molecule has 39 heavy (non-hydrogen) atoms. The van der Waals surface area contributed by atoms with Gasteiger partial charge in [0.15, 0.2) is 28.1 Å². The van der Waals surface area contributed by atoms with E-state index in [0.717, 1.165) is 16.2 Å².